The molecule has 1 aromatic heterocycles. The third kappa shape index (κ3) is 3.12. The molecule has 0 spiro atoms. The molecule has 0 radical (unpaired) electrons. The van der Waals surface area contributed by atoms with Crippen molar-refractivity contribution in [2.75, 3.05) is 6.54 Å². The summed E-state index contributed by atoms with van der Waals surface area (Å²) in [5.74, 6) is -0.202. The van der Waals surface area contributed by atoms with Crippen molar-refractivity contribution >= 4 is 17.1 Å². The zero-order valence-corrected chi connectivity index (χ0v) is 11.4. The topological polar surface area (TPSA) is 75.4 Å². The number of hydrogen-bond acceptors (Lipinski definition) is 4. The van der Waals surface area contributed by atoms with Crippen LogP contribution in [0.2, 0.25) is 0 Å². The van der Waals surface area contributed by atoms with Crippen LogP contribution in [0, 0.1) is 6.92 Å². The Balaban J connectivity index is 2.00. The van der Waals surface area contributed by atoms with Gasteiger partial charge in [0.15, 0.2) is 11.5 Å². The van der Waals surface area contributed by atoms with Gasteiger partial charge in [0.05, 0.1) is 0 Å². The van der Waals surface area contributed by atoms with Gasteiger partial charge in [0.1, 0.15) is 11.1 Å². The number of carbonyl (C=O) groups is 1. The maximum atomic E-state index is 11.0. The molecule has 1 aromatic carbocycles. The molecule has 2 N–H and O–H groups in total. The lowest BCUT2D eigenvalue weighted by Gasteiger charge is -2.20. The molecule has 5 nitrogen and oxygen atoms in total. The minimum Gasteiger partial charge on any atom is -0.480 e. The summed E-state index contributed by atoms with van der Waals surface area (Å²) in [6.45, 7) is 5.72. The van der Waals surface area contributed by atoms with Gasteiger partial charge in [-0.25, -0.2) is 4.98 Å². The number of carboxylic acids is 1. The van der Waals surface area contributed by atoms with Gasteiger partial charge in [-0.05, 0) is 38.0 Å². The van der Waals surface area contributed by atoms with E-state index >= 15 is 0 Å². The van der Waals surface area contributed by atoms with Gasteiger partial charge in [0.25, 0.3) is 0 Å². The standard InChI is InChI=1S/C14H18N2O3/c1-9-16-11-8-10(4-5-12(11)19-9)6-7-15-14(2,3)13(17)18/h4-5,8,15H,6-7H2,1-3H3,(H,17,18). The number of benzene rings is 1. The minimum atomic E-state index is -0.908. The molecular weight excluding hydrogens is 244 g/mol. The van der Waals surface area contributed by atoms with E-state index in [0.717, 1.165) is 23.1 Å². The highest BCUT2D eigenvalue weighted by Gasteiger charge is 2.25. The molecular formula is C14H18N2O3. The van der Waals surface area contributed by atoms with Crippen molar-refractivity contribution in [3.8, 4) is 0 Å². The van der Waals surface area contributed by atoms with Gasteiger partial charge in [0, 0.05) is 13.5 Å². The predicted octanol–water partition coefficient (Wildman–Crippen LogP) is 2.13. The average molecular weight is 262 g/mol. The Kier molecular flexibility index (Phi) is 3.57. The molecule has 102 valence electrons. The van der Waals surface area contributed by atoms with Crippen LogP contribution in [-0.2, 0) is 11.2 Å². The van der Waals surface area contributed by atoms with E-state index in [9.17, 15) is 4.79 Å². The summed E-state index contributed by atoms with van der Waals surface area (Å²) < 4.78 is 5.41. The van der Waals surface area contributed by atoms with E-state index in [1.54, 1.807) is 13.8 Å². The number of nitrogens with one attached hydrogen (secondary N) is 1. The lowest BCUT2D eigenvalue weighted by molar-refractivity contribution is -0.143. The van der Waals surface area contributed by atoms with Crippen LogP contribution in [0.4, 0.5) is 0 Å². The quantitative estimate of drug-likeness (QED) is 0.863. The predicted molar refractivity (Wildman–Crippen MR) is 72.2 cm³/mol. The summed E-state index contributed by atoms with van der Waals surface area (Å²) in [5, 5.41) is 12.0. The van der Waals surface area contributed by atoms with Crippen molar-refractivity contribution in [3.05, 3.63) is 29.7 Å². The van der Waals surface area contributed by atoms with Gasteiger partial charge in [0.2, 0.25) is 0 Å². The van der Waals surface area contributed by atoms with Crippen LogP contribution in [0.3, 0.4) is 0 Å². The van der Waals surface area contributed by atoms with Crippen molar-refractivity contribution in [2.24, 2.45) is 0 Å². The van der Waals surface area contributed by atoms with Crippen molar-refractivity contribution in [2.45, 2.75) is 32.7 Å². The molecule has 0 aliphatic heterocycles. The lowest BCUT2D eigenvalue weighted by Crippen LogP contribution is -2.47. The molecule has 0 aliphatic carbocycles. The van der Waals surface area contributed by atoms with Gasteiger partial charge >= 0.3 is 5.97 Å². The summed E-state index contributed by atoms with van der Waals surface area (Å²) in [4.78, 5) is 15.2. The summed E-state index contributed by atoms with van der Waals surface area (Å²) in [6.07, 6.45) is 0.749. The summed E-state index contributed by atoms with van der Waals surface area (Å²) in [6, 6.07) is 5.84. The first-order chi connectivity index (χ1) is 8.88. The number of aliphatic carboxylic acids is 1. The molecule has 5 heteroatoms. The Morgan fingerprint density at radius 2 is 2.21 bits per heavy atom. The maximum absolute atomic E-state index is 11.0. The number of carboxylic acid groups (broad SMARTS) is 1. The fourth-order valence-electron chi connectivity index (χ4n) is 1.84. The Labute approximate surface area is 111 Å². The largest absolute Gasteiger partial charge is 0.480 e. The Bertz CT molecular complexity index is 602. The summed E-state index contributed by atoms with van der Waals surface area (Å²) in [5.41, 5.74) is 1.82. The van der Waals surface area contributed by atoms with E-state index in [2.05, 4.69) is 10.3 Å². The minimum absolute atomic E-state index is 0.599. The first kappa shape index (κ1) is 13.5. The number of nitrogens with zero attached hydrogens (tertiary/aromatic N) is 1. The summed E-state index contributed by atoms with van der Waals surface area (Å²) in [7, 11) is 0. The van der Waals surface area contributed by atoms with Gasteiger partial charge in [-0.3, -0.25) is 4.79 Å². The SMILES string of the molecule is Cc1nc2cc(CCNC(C)(C)C(=O)O)ccc2o1. The molecule has 0 saturated heterocycles. The Morgan fingerprint density at radius 3 is 2.89 bits per heavy atom. The molecule has 2 aromatic rings. The molecule has 0 fully saturated rings. The number of aromatic nitrogens is 1. The van der Waals surface area contributed by atoms with Crippen LogP contribution in [0.15, 0.2) is 22.6 Å². The smallest absolute Gasteiger partial charge is 0.323 e. The molecule has 1 heterocycles. The number of oxazole rings is 1. The molecule has 0 bridgehead atoms. The Hall–Kier alpha value is -1.88. The number of rotatable bonds is 5. The lowest BCUT2D eigenvalue weighted by atomic mass is 10.1. The molecule has 0 saturated carbocycles. The van der Waals surface area contributed by atoms with E-state index < -0.39 is 11.5 Å². The first-order valence-electron chi connectivity index (χ1n) is 6.23. The fraction of sp³-hybridized carbons (Fsp3) is 0.429. The highest BCUT2D eigenvalue weighted by atomic mass is 16.4. The van der Waals surface area contributed by atoms with Gasteiger partial charge in [-0.15, -0.1) is 0 Å². The van der Waals surface area contributed by atoms with Crippen LogP contribution >= 0.6 is 0 Å². The fourth-order valence-corrected chi connectivity index (χ4v) is 1.84. The zero-order chi connectivity index (χ0) is 14.0. The molecule has 0 amide bonds. The third-order valence-corrected chi connectivity index (χ3v) is 3.07. The van der Waals surface area contributed by atoms with Crippen molar-refractivity contribution in [3.63, 3.8) is 0 Å². The molecule has 19 heavy (non-hydrogen) atoms. The second-order valence-electron chi connectivity index (χ2n) is 5.14. The second-order valence-corrected chi connectivity index (χ2v) is 5.14. The van der Waals surface area contributed by atoms with E-state index in [1.165, 1.54) is 0 Å². The van der Waals surface area contributed by atoms with Crippen LogP contribution in [0.25, 0.3) is 11.1 Å². The second kappa shape index (κ2) is 5.01. The number of aryl methyl sites for hydroxylation is 1. The van der Waals surface area contributed by atoms with E-state index in [-0.39, 0.29) is 0 Å². The van der Waals surface area contributed by atoms with Crippen molar-refractivity contribution < 1.29 is 14.3 Å². The van der Waals surface area contributed by atoms with Gasteiger partial charge in [-0.2, -0.15) is 0 Å². The zero-order valence-electron chi connectivity index (χ0n) is 11.4. The average Bonchev–Trinajstić information content (AvgIpc) is 2.68. The van der Waals surface area contributed by atoms with Crippen LogP contribution in [0.1, 0.15) is 25.3 Å². The molecule has 2 rings (SSSR count). The normalized spacial score (nSPS) is 11.9. The molecule has 0 unspecified atom stereocenters. The maximum Gasteiger partial charge on any atom is 0.323 e. The van der Waals surface area contributed by atoms with Crippen LogP contribution in [-0.4, -0.2) is 28.1 Å². The Morgan fingerprint density at radius 1 is 1.47 bits per heavy atom. The van der Waals surface area contributed by atoms with Gasteiger partial charge < -0.3 is 14.8 Å². The first-order valence-corrected chi connectivity index (χ1v) is 6.23. The van der Waals surface area contributed by atoms with E-state index in [1.807, 2.05) is 25.1 Å². The summed E-state index contributed by atoms with van der Waals surface area (Å²) >= 11 is 0. The van der Waals surface area contributed by atoms with Crippen LogP contribution < -0.4 is 5.32 Å². The number of hydrogen-bond donors (Lipinski definition) is 2. The van der Waals surface area contributed by atoms with Crippen molar-refractivity contribution in [1.82, 2.24) is 10.3 Å². The highest BCUT2D eigenvalue weighted by Crippen LogP contribution is 2.17. The monoisotopic (exact) mass is 262 g/mol. The highest BCUT2D eigenvalue weighted by molar-refractivity contribution is 5.77. The van der Waals surface area contributed by atoms with Crippen molar-refractivity contribution in [1.29, 1.82) is 0 Å². The molecule has 0 atom stereocenters. The van der Waals surface area contributed by atoms with Gasteiger partial charge in [-0.1, -0.05) is 6.07 Å². The molecule has 0 aliphatic rings. The van der Waals surface area contributed by atoms with Crippen LogP contribution in [0.5, 0.6) is 0 Å². The van der Waals surface area contributed by atoms with E-state index in [0.29, 0.717) is 12.4 Å². The third-order valence-electron chi connectivity index (χ3n) is 3.07. The number of fused-ring (bicyclic) bond motifs is 1. The van der Waals surface area contributed by atoms with E-state index in [4.69, 9.17) is 9.52 Å².